The van der Waals surface area contributed by atoms with Gasteiger partial charge >= 0.3 is 0 Å². The van der Waals surface area contributed by atoms with Crippen LogP contribution in [0.3, 0.4) is 0 Å². The summed E-state index contributed by atoms with van der Waals surface area (Å²) >= 11 is 0. The molecule has 1 aliphatic rings. The predicted molar refractivity (Wildman–Crippen MR) is 95.5 cm³/mol. The fourth-order valence-electron chi connectivity index (χ4n) is 2.88. The smallest absolute Gasteiger partial charge is 0.273 e. The Kier molecular flexibility index (Phi) is 6.19. The Labute approximate surface area is 148 Å². The molecule has 0 bridgehead atoms. The highest BCUT2D eigenvalue weighted by Gasteiger charge is 2.17. The predicted octanol–water partition coefficient (Wildman–Crippen LogP) is 2.49. The van der Waals surface area contributed by atoms with Crippen LogP contribution in [0.5, 0.6) is 0 Å². The maximum atomic E-state index is 12.3. The largest absolute Gasteiger partial charge is 0.441 e. The lowest BCUT2D eigenvalue weighted by molar-refractivity contribution is 0.0372. The van der Waals surface area contributed by atoms with Gasteiger partial charge in [0.05, 0.1) is 13.2 Å². The standard InChI is InChI=1S/C19H25N3O3/c1-15-17(21-19(25-15)16-7-3-2-4-8-16)18(23)20-9-5-6-10-22-11-13-24-14-12-22/h2-4,7-8H,5-6,9-14H2,1H3,(H,20,23). The third kappa shape index (κ3) is 4.90. The first-order valence-electron chi connectivity index (χ1n) is 8.85. The summed E-state index contributed by atoms with van der Waals surface area (Å²) in [6.45, 7) is 7.14. The highest BCUT2D eigenvalue weighted by Crippen LogP contribution is 2.21. The lowest BCUT2D eigenvalue weighted by Gasteiger charge is -2.26. The molecule has 25 heavy (non-hydrogen) atoms. The summed E-state index contributed by atoms with van der Waals surface area (Å²) in [5.74, 6) is 0.857. The topological polar surface area (TPSA) is 67.6 Å². The molecular weight excluding hydrogens is 318 g/mol. The van der Waals surface area contributed by atoms with E-state index in [0.29, 0.717) is 23.9 Å². The number of benzene rings is 1. The molecule has 3 rings (SSSR count). The second-order valence-corrected chi connectivity index (χ2v) is 6.21. The fraction of sp³-hybridized carbons (Fsp3) is 0.474. The van der Waals surface area contributed by atoms with Gasteiger partial charge in [0.15, 0.2) is 5.69 Å². The van der Waals surface area contributed by atoms with Crippen molar-refractivity contribution >= 4 is 5.91 Å². The van der Waals surface area contributed by atoms with E-state index in [0.717, 1.165) is 51.3 Å². The average molecular weight is 343 g/mol. The summed E-state index contributed by atoms with van der Waals surface area (Å²) in [4.78, 5) is 19.1. The molecule has 6 nitrogen and oxygen atoms in total. The van der Waals surface area contributed by atoms with E-state index in [-0.39, 0.29) is 5.91 Å². The summed E-state index contributed by atoms with van der Waals surface area (Å²) < 4.78 is 11.0. The molecule has 1 aromatic heterocycles. The van der Waals surface area contributed by atoms with Gasteiger partial charge in [-0.2, -0.15) is 0 Å². The number of nitrogens with zero attached hydrogens (tertiary/aromatic N) is 2. The van der Waals surface area contributed by atoms with Gasteiger partial charge in [-0.25, -0.2) is 4.98 Å². The molecule has 0 spiro atoms. The van der Waals surface area contributed by atoms with E-state index < -0.39 is 0 Å². The summed E-state index contributed by atoms with van der Waals surface area (Å²) in [6.07, 6.45) is 2.01. The molecule has 1 amide bonds. The molecule has 0 aliphatic carbocycles. The van der Waals surface area contributed by atoms with Crippen LogP contribution in [0.2, 0.25) is 0 Å². The number of morpholine rings is 1. The number of nitrogens with one attached hydrogen (secondary N) is 1. The van der Waals surface area contributed by atoms with Crippen molar-refractivity contribution in [3.05, 3.63) is 41.8 Å². The first kappa shape index (κ1) is 17.6. The molecule has 0 atom stereocenters. The Morgan fingerprint density at radius 1 is 1.20 bits per heavy atom. The van der Waals surface area contributed by atoms with Crippen LogP contribution in [-0.2, 0) is 4.74 Å². The van der Waals surface area contributed by atoms with Crippen molar-refractivity contribution in [3.63, 3.8) is 0 Å². The fourth-order valence-corrected chi connectivity index (χ4v) is 2.88. The van der Waals surface area contributed by atoms with Crippen molar-refractivity contribution in [1.82, 2.24) is 15.2 Å². The van der Waals surface area contributed by atoms with E-state index >= 15 is 0 Å². The minimum atomic E-state index is -0.171. The molecular formula is C19H25N3O3. The Hall–Kier alpha value is -2.18. The number of unbranched alkanes of at least 4 members (excludes halogenated alkanes) is 1. The number of ether oxygens (including phenoxy) is 1. The van der Waals surface area contributed by atoms with Gasteiger partial charge in [0.1, 0.15) is 5.76 Å². The number of hydrogen-bond acceptors (Lipinski definition) is 5. The Balaban J connectivity index is 1.44. The van der Waals surface area contributed by atoms with Crippen molar-refractivity contribution in [2.24, 2.45) is 0 Å². The molecule has 1 aliphatic heterocycles. The van der Waals surface area contributed by atoms with Gasteiger partial charge in [-0.05, 0) is 38.4 Å². The van der Waals surface area contributed by atoms with Crippen LogP contribution >= 0.6 is 0 Å². The van der Waals surface area contributed by atoms with Gasteiger partial charge in [-0.1, -0.05) is 18.2 Å². The van der Waals surface area contributed by atoms with E-state index in [9.17, 15) is 4.79 Å². The summed E-state index contributed by atoms with van der Waals surface area (Å²) in [6, 6.07) is 9.60. The number of aromatic nitrogens is 1. The number of carbonyl (C=O) groups is 1. The minimum absolute atomic E-state index is 0.171. The highest BCUT2D eigenvalue weighted by atomic mass is 16.5. The van der Waals surface area contributed by atoms with Gasteiger partial charge in [0.2, 0.25) is 5.89 Å². The third-order valence-corrected chi connectivity index (χ3v) is 4.32. The molecule has 1 N–H and O–H groups in total. The zero-order valence-corrected chi connectivity index (χ0v) is 14.7. The Morgan fingerprint density at radius 2 is 1.96 bits per heavy atom. The lowest BCUT2D eigenvalue weighted by Crippen LogP contribution is -2.37. The van der Waals surface area contributed by atoms with Crippen molar-refractivity contribution in [1.29, 1.82) is 0 Å². The van der Waals surface area contributed by atoms with Gasteiger partial charge < -0.3 is 14.5 Å². The molecule has 2 heterocycles. The molecule has 1 aromatic carbocycles. The number of carbonyl (C=O) groups excluding carboxylic acids is 1. The quantitative estimate of drug-likeness (QED) is 0.783. The first-order valence-corrected chi connectivity index (χ1v) is 8.85. The highest BCUT2D eigenvalue weighted by molar-refractivity contribution is 5.93. The number of hydrogen-bond donors (Lipinski definition) is 1. The van der Waals surface area contributed by atoms with Gasteiger partial charge in [0, 0.05) is 25.2 Å². The van der Waals surface area contributed by atoms with Crippen LogP contribution in [0.15, 0.2) is 34.7 Å². The second-order valence-electron chi connectivity index (χ2n) is 6.21. The van der Waals surface area contributed by atoms with E-state index in [2.05, 4.69) is 15.2 Å². The number of rotatable bonds is 7. The Morgan fingerprint density at radius 3 is 2.72 bits per heavy atom. The van der Waals surface area contributed by atoms with Crippen LogP contribution in [0.25, 0.3) is 11.5 Å². The normalized spacial score (nSPS) is 15.2. The molecule has 2 aromatic rings. The number of amides is 1. The van der Waals surface area contributed by atoms with Crippen molar-refractivity contribution in [2.75, 3.05) is 39.4 Å². The van der Waals surface area contributed by atoms with Crippen LogP contribution in [-0.4, -0.2) is 55.2 Å². The van der Waals surface area contributed by atoms with Crippen molar-refractivity contribution in [3.8, 4) is 11.5 Å². The molecule has 6 heteroatoms. The molecule has 0 saturated carbocycles. The van der Waals surface area contributed by atoms with E-state index in [1.54, 1.807) is 6.92 Å². The zero-order chi connectivity index (χ0) is 17.5. The lowest BCUT2D eigenvalue weighted by atomic mass is 10.2. The zero-order valence-electron chi connectivity index (χ0n) is 14.7. The summed E-state index contributed by atoms with van der Waals surface area (Å²) in [5, 5.41) is 2.94. The Bertz CT molecular complexity index is 678. The molecule has 134 valence electrons. The van der Waals surface area contributed by atoms with E-state index in [4.69, 9.17) is 9.15 Å². The summed E-state index contributed by atoms with van der Waals surface area (Å²) in [5.41, 5.74) is 1.24. The monoisotopic (exact) mass is 343 g/mol. The van der Waals surface area contributed by atoms with Crippen molar-refractivity contribution in [2.45, 2.75) is 19.8 Å². The van der Waals surface area contributed by atoms with Crippen LogP contribution < -0.4 is 5.32 Å². The molecule has 1 fully saturated rings. The SMILES string of the molecule is Cc1oc(-c2ccccc2)nc1C(=O)NCCCCN1CCOCC1. The first-order chi connectivity index (χ1) is 12.2. The maximum absolute atomic E-state index is 12.3. The molecule has 0 unspecified atom stereocenters. The maximum Gasteiger partial charge on any atom is 0.273 e. The molecule has 1 saturated heterocycles. The van der Waals surface area contributed by atoms with E-state index in [1.807, 2.05) is 30.3 Å². The number of oxazole rings is 1. The van der Waals surface area contributed by atoms with E-state index in [1.165, 1.54) is 0 Å². The second kappa shape index (κ2) is 8.78. The average Bonchev–Trinajstić information content (AvgIpc) is 3.05. The van der Waals surface area contributed by atoms with Crippen LogP contribution in [0.4, 0.5) is 0 Å². The van der Waals surface area contributed by atoms with Gasteiger partial charge in [-0.15, -0.1) is 0 Å². The minimum Gasteiger partial charge on any atom is -0.441 e. The van der Waals surface area contributed by atoms with Crippen LogP contribution in [0, 0.1) is 6.92 Å². The van der Waals surface area contributed by atoms with Crippen LogP contribution in [0.1, 0.15) is 29.1 Å². The summed E-state index contributed by atoms with van der Waals surface area (Å²) in [7, 11) is 0. The van der Waals surface area contributed by atoms with Gasteiger partial charge in [-0.3, -0.25) is 9.69 Å². The van der Waals surface area contributed by atoms with Crippen molar-refractivity contribution < 1.29 is 13.9 Å². The molecule has 0 radical (unpaired) electrons. The van der Waals surface area contributed by atoms with Gasteiger partial charge in [0.25, 0.3) is 5.91 Å². The third-order valence-electron chi connectivity index (χ3n) is 4.32. The number of aryl methyl sites for hydroxylation is 1.